The summed E-state index contributed by atoms with van der Waals surface area (Å²) in [6, 6.07) is 5.64. The van der Waals surface area contributed by atoms with E-state index in [1.165, 1.54) is 28.6 Å². The Labute approximate surface area is 166 Å². The lowest BCUT2D eigenvalue weighted by Crippen LogP contribution is -2.33. The van der Waals surface area contributed by atoms with Crippen LogP contribution in [-0.4, -0.2) is 42.7 Å². The average Bonchev–Trinajstić information content (AvgIpc) is 2.67. The normalized spacial score (nSPS) is 13.0. The Morgan fingerprint density at radius 3 is 2.54 bits per heavy atom. The van der Waals surface area contributed by atoms with Crippen LogP contribution in [0.3, 0.4) is 0 Å². The molecule has 0 spiro atoms. The highest BCUT2D eigenvalue weighted by Gasteiger charge is 2.24. The molecule has 1 aromatic carbocycles. The predicted molar refractivity (Wildman–Crippen MR) is 111 cm³/mol. The molecule has 0 bridgehead atoms. The van der Waals surface area contributed by atoms with Crippen molar-refractivity contribution in [3.8, 4) is 0 Å². The molecular weight excluding hydrogens is 378 g/mol. The summed E-state index contributed by atoms with van der Waals surface area (Å²) in [5.74, 6) is -0.390. The van der Waals surface area contributed by atoms with Crippen molar-refractivity contribution >= 4 is 26.8 Å². The number of aromatic amines is 1. The third-order valence-electron chi connectivity index (χ3n) is 4.80. The van der Waals surface area contributed by atoms with Crippen LogP contribution in [0.15, 0.2) is 34.0 Å². The number of hydrogen-bond acceptors (Lipinski definition) is 4. The van der Waals surface area contributed by atoms with E-state index in [1.807, 2.05) is 20.8 Å². The van der Waals surface area contributed by atoms with E-state index in [-0.39, 0.29) is 16.5 Å². The van der Waals surface area contributed by atoms with E-state index >= 15 is 0 Å². The highest BCUT2D eigenvalue weighted by atomic mass is 32.2. The molecule has 2 N–H and O–H groups in total. The number of rotatable bonds is 9. The number of nitrogens with one attached hydrogen (secondary N) is 2. The third-order valence-corrected chi connectivity index (χ3v) is 6.77. The molecule has 0 unspecified atom stereocenters. The number of hydrogen-bond donors (Lipinski definition) is 2. The molecule has 1 atom stereocenters. The van der Waals surface area contributed by atoms with Gasteiger partial charge in [-0.05, 0) is 38.0 Å². The van der Waals surface area contributed by atoms with Gasteiger partial charge in [0, 0.05) is 36.1 Å². The van der Waals surface area contributed by atoms with Crippen molar-refractivity contribution in [3.05, 3.63) is 40.2 Å². The van der Waals surface area contributed by atoms with Gasteiger partial charge in [0.25, 0.3) is 5.91 Å². The molecule has 8 heteroatoms. The first-order valence-electron chi connectivity index (χ1n) is 9.72. The predicted octanol–water partition coefficient (Wildman–Crippen LogP) is 2.87. The van der Waals surface area contributed by atoms with Crippen LogP contribution < -0.4 is 10.9 Å². The molecule has 0 fully saturated rings. The second-order valence-corrected chi connectivity index (χ2v) is 8.83. The van der Waals surface area contributed by atoms with Crippen LogP contribution >= 0.6 is 0 Å². The fourth-order valence-corrected chi connectivity index (χ4v) is 4.43. The van der Waals surface area contributed by atoms with Gasteiger partial charge in [-0.2, -0.15) is 4.31 Å². The number of aromatic nitrogens is 1. The van der Waals surface area contributed by atoms with Crippen LogP contribution in [0.4, 0.5) is 0 Å². The molecule has 0 saturated carbocycles. The van der Waals surface area contributed by atoms with Crippen LogP contribution in [0, 0.1) is 0 Å². The number of amides is 1. The van der Waals surface area contributed by atoms with Gasteiger partial charge < -0.3 is 10.3 Å². The number of carbonyl (C=O) groups excluding carboxylic acids is 1. The van der Waals surface area contributed by atoms with Gasteiger partial charge in [0.1, 0.15) is 0 Å². The van der Waals surface area contributed by atoms with E-state index in [2.05, 4.69) is 10.3 Å². The van der Waals surface area contributed by atoms with Crippen molar-refractivity contribution in [2.75, 3.05) is 13.1 Å². The van der Waals surface area contributed by atoms with Crippen molar-refractivity contribution in [2.24, 2.45) is 0 Å². The second kappa shape index (κ2) is 9.34. The third kappa shape index (κ3) is 4.80. The van der Waals surface area contributed by atoms with Gasteiger partial charge >= 0.3 is 0 Å². The smallest absolute Gasteiger partial charge is 0.252 e. The molecule has 7 nitrogen and oxygen atoms in total. The maximum atomic E-state index is 13.0. The van der Waals surface area contributed by atoms with E-state index in [0.29, 0.717) is 24.0 Å². The van der Waals surface area contributed by atoms with Crippen LogP contribution in [0.25, 0.3) is 10.9 Å². The molecular formula is C20H29N3O4S. The number of H-pyrrole nitrogens is 1. The Morgan fingerprint density at radius 1 is 1.21 bits per heavy atom. The zero-order chi connectivity index (χ0) is 20.9. The second-order valence-electron chi connectivity index (χ2n) is 6.89. The minimum atomic E-state index is -3.69. The number of unbranched alkanes of at least 4 members (excludes halogenated alkanes) is 1. The van der Waals surface area contributed by atoms with Gasteiger partial charge in [0.15, 0.2) is 0 Å². The molecule has 28 heavy (non-hydrogen) atoms. The van der Waals surface area contributed by atoms with Crippen LogP contribution in [0.5, 0.6) is 0 Å². The van der Waals surface area contributed by atoms with Crippen molar-refractivity contribution in [2.45, 2.75) is 57.9 Å². The summed E-state index contributed by atoms with van der Waals surface area (Å²) < 4.78 is 27.5. The fraction of sp³-hybridized carbons (Fsp3) is 0.500. The van der Waals surface area contributed by atoms with E-state index in [1.54, 1.807) is 6.92 Å². The topological polar surface area (TPSA) is 99.3 Å². The number of sulfonamides is 1. The van der Waals surface area contributed by atoms with Gasteiger partial charge in [-0.25, -0.2) is 8.42 Å². The molecule has 0 aliphatic rings. The van der Waals surface area contributed by atoms with E-state index in [4.69, 9.17) is 0 Å². The number of benzene rings is 1. The quantitative estimate of drug-likeness (QED) is 0.668. The molecule has 1 heterocycles. The minimum Gasteiger partial charge on any atom is -0.350 e. The zero-order valence-electron chi connectivity index (χ0n) is 16.9. The molecule has 0 aliphatic carbocycles. The molecule has 1 amide bonds. The molecule has 0 aliphatic heterocycles. The highest BCUT2D eigenvalue weighted by molar-refractivity contribution is 7.89. The number of nitrogens with zero attached hydrogens (tertiary/aromatic N) is 1. The Bertz CT molecular complexity index is 998. The molecule has 0 radical (unpaired) electrons. The standard InChI is InChI=1S/C20H29N3O4S/c1-5-8-11-23(7-3)28(26,27)15-9-10-18-16(12-15)17(13-19(24)22-18)20(25)21-14(4)6-2/h9-10,12-14H,5-8,11H2,1-4H3,(H,21,25)(H,22,24)/t14-/m1/s1. The summed E-state index contributed by atoms with van der Waals surface area (Å²) >= 11 is 0. The van der Waals surface area contributed by atoms with Crippen LogP contribution in [0.2, 0.25) is 0 Å². The number of carbonyl (C=O) groups is 1. The van der Waals surface area contributed by atoms with Crippen molar-refractivity contribution in [1.82, 2.24) is 14.6 Å². The summed E-state index contributed by atoms with van der Waals surface area (Å²) in [6.07, 6.45) is 2.41. The Balaban J connectivity index is 2.57. The van der Waals surface area contributed by atoms with Crippen molar-refractivity contribution in [3.63, 3.8) is 0 Å². The lowest BCUT2D eigenvalue weighted by molar-refractivity contribution is 0.0940. The van der Waals surface area contributed by atoms with Crippen molar-refractivity contribution in [1.29, 1.82) is 0 Å². The molecule has 2 aromatic rings. The molecule has 2 rings (SSSR count). The fourth-order valence-electron chi connectivity index (χ4n) is 2.92. The maximum Gasteiger partial charge on any atom is 0.252 e. The minimum absolute atomic E-state index is 0.0571. The lowest BCUT2D eigenvalue weighted by Gasteiger charge is -2.20. The van der Waals surface area contributed by atoms with Crippen LogP contribution in [0.1, 0.15) is 57.3 Å². The van der Waals surface area contributed by atoms with Gasteiger partial charge in [0.2, 0.25) is 15.6 Å². The first kappa shape index (κ1) is 22.1. The molecule has 0 saturated heterocycles. The summed E-state index contributed by atoms with van der Waals surface area (Å²) in [5.41, 5.74) is 0.195. The van der Waals surface area contributed by atoms with E-state index in [0.717, 1.165) is 19.3 Å². The first-order chi connectivity index (χ1) is 13.2. The zero-order valence-corrected chi connectivity index (χ0v) is 17.7. The van der Waals surface area contributed by atoms with Gasteiger partial charge in [-0.3, -0.25) is 9.59 Å². The summed E-state index contributed by atoms with van der Waals surface area (Å²) in [6.45, 7) is 8.44. The first-order valence-corrected chi connectivity index (χ1v) is 11.2. The summed E-state index contributed by atoms with van der Waals surface area (Å²) in [7, 11) is -3.69. The lowest BCUT2D eigenvalue weighted by atomic mass is 10.1. The highest BCUT2D eigenvalue weighted by Crippen LogP contribution is 2.23. The van der Waals surface area contributed by atoms with E-state index < -0.39 is 21.5 Å². The van der Waals surface area contributed by atoms with E-state index in [9.17, 15) is 18.0 Å². The molecule has 154 valence electrons. The van der Waals surface area contributed by atoms with Gasteiger partial charge in [0.05, 0.1) is 10.5 Å². The largest absolute Gasteiger partial charge is 0.350 e. The maximum absolute atomic E-state index is 13.0. The van der Waals surface area contributed by atoms with Gasteiger partial charge in [-0.1, -0.05) is 27.2 Å². The SMILES string of the molecule is CCCCN(CC)S(=O)(=O)c1ccc2[nH]c(=O)cc(C(=O)N[C@H](C)CC)c2c1. The summed E-state index contributed by atoms with van der Waals surface area (Å²) in [4.78, 5) is 27.4. The van der Waals surface area contributed by atoms with Gasteiger partial charge in [-0.15, -0.1) is 0 Å². The van der Waals surface area contributed by atoms with Crippen molar-refractivity contribution < 1.29 is 13.2 Å². The Kier molecular flexibility index (Phi) is 7.37. The number of fused-ring (bicyclic) bond motifs is 1. The average molecular weight is 408 g/mol. The number of pyridine rings is 1. The summed E-state index contributed by atoms with van der Waals surface area (Å²) in [5, 5.41) is 3.24. The monoisotopic (exact) mass is 407 g/mol. The Morgan fingerprint density at radius 2 is 1.93 bits per heavy atom. The molecule has 1 aromatic heterocycles. The van der Waals surface area contributed by atoms with Crippen LogP contribution in [-0.2, 0) is 10.0 Å². The Hall–Kier alpha value is -2.19.